The minimum Gasteiger partial charge on any atom is -0.395 e. The Morgan fingerprint density at radius 2 is 2.23 bits per heavy atom. The zero-order valence-electron chi connectivity index (χ0n) is 17.6. The fraction of sp³-hybridized carbons (Fsp3) is 0.364. The largest absolute Gasteiger partial charge is 0.395 e. The molecule has 9 heteroatoms. The maximum Gasteiger partial charge on any atom is 0.227 e. The minimum atomic E-state index is -0.436. The number of likely N-dealkylation sites (N-methyl/N-ethyl adjacent to an activating group) is 1. The van der Waals surface area contributed by atoms with E-state index < -0.39 is 5.41 Å². The number of aromatic nitrogens is 4. The zero-order valence-corrected chi connectivity index (χ0v) is 17.6. The van der Waals surface area contributed by atoms with Gasteiger partial charge in [0.15, 0.2) is 0 Å². The molecule has 158 valence electrons. The van der Waals surface area contributed by atoms with Gasteiger partial charge < -0.3 is 15.7 Å². The fourth-order valence-electron chi connectivity index (χ4n) is 4.24. The molecule has 0 aliphatic carbocycles. The van der Waals surface area contributed by atoms with Crippen LogP contribution in [0.15, 0.2) is 30.6 Å². The highest BCUT2D eigenvalue weighted by molar-refractivity contribution is 5.76. The quantitative estimate of drug-likeness (QED) is 0.592. The van der Waals surface area contributed by atoms with Crippen LogP contribution in [0.4, 0.5) is 17.3 Å². The molecule has 31 heavy (non-hydrogen) atoms. The van der Waals surface area contributed by atoms with E-state index in [0.717, 1.165) is 47.8 Å². The van der Waals surface area contributed by atoms with Crippen LogP contribution < -0.4 is 10.6 Å². The molecule has 0 radical (unpaired) electrons. The van der Waals surface area contributed by atoms with E-state index in [-0.39, 0.29) is 6.61 Å². The number of anilines is 3. The van der Waals surface area contributed by atoms with Crippen LogP contribution in [0, 0.1) is 11.3 Å². The average molecular weight is 416 g/mol. The number of aliphatic hydroxyl groups is 1. The molecule has 0 bridgehead atoms. The predicted octanol–water partition coefficient (Wildman–Crippen LogP) is 2.08. The molecular weight excluding hydrogens is 392 g/mol. The molecule has 0 saturated carbocycles. The predicted molar refractivity (Wildman–Crippen MR) is 117 cm³/mol. The second-order valence-electron chi connectivity index (χ2n) is 8.49. The van der Waals surface area contributed by atoms with Crippen molar-refractivity contribution in [2.24, 2.45) is 0 Å². The number of nitriles is 1. The first-order valence-electron chi connectivity index (χ1n) is 10.3. The number of aliphatic hydroxyl groups excluding tert-OH is 1. The summed E-state index contributed by atoms with van der Waals surface area (Å²) in [5.74, 6) is 0.476. The maximum atomic E-state index is 9.93. The van der Waals surface area contributed by atoms with Crippen molar-refractivity contribution < 1.29 is 5.11 Å². The standard InChI is InChI=1S/C22H24N8O/c1-22(13-31)12-25-20-15(9-23)7-14(8-16(20)22)17-3-4-24-21(27-17)28-18-10-26-30-6-5-29(2)11-19(18)30/h3-4,7-8,10,25,31H,5-6,11-13H2,1-2H3,(H,24,27,28)/t22-/m1/s1. The van der Waals surface area contributed by atoms with Gasteiger partial charge in [-0.25, -0.2) is 9.97 Å². The summed E-state index contributed by atoms with van der Waals surface area (Å²) in [5, 5.41) is 30.6. The molecule has 9 nitrogen and oxygen atoms in total. The van der Waals surface area contributed by atoms with Crippen LogP contribution in [0.3, 0.4) is 0 Å². The third-order valence-corrected chi connectivity index (χ3v) is 6.17. The molecule has 3 aromatic rings. The van der Waals surface area contributed by atoms with Crippen LogP contribution in [0.25, 0.3) is 11.3 Å². The van der Waals surface area contributed by atoms with E-state index in [1.807, 2.05) is 36.0 Å². The summed E-state index contributed by atoms with van der Waals surface area (Å²) in [4.78, 5) is 11.3. The first-order valence-corrected chi connectivity index (χ1v) is 10.3. The van der Waals surface area contributed by atoms with Crippen molar-refractivity contribution in [2.45, 2.75) is 25.4 Å². The number of hydrogen-bond acceptors (Lipinski definition) is 8. The number of rotatable bonds is 4. The van der Waals surface area contributed by atoms with Crippen LogP contribution in [0.2, 0.25) is 0 Å². The van der Waals surface area contributed by atoms with Crippen molar-refractivity contribution in [1.29, 1.82) is 5.26 Å². The molecule has 1 aromatic carbocycles. The van der Waals surface area contributed by atoms with Gasteiger partial charge in [-0.1, -0.05) is 6.92 Å². The molecule has 2 aromatic heterocycles. The van der Waals surface area contributed by atoms with E-state index in [2.05, 4.69) is 38.7 Å². The van der Waals surface area contributed by atoms with Crippen LogP contribution in [-0.4, -0.2) is 56.5 Å². The molecule has 0 spiro atoms. The summed E-state index contributed by atoms with van der Waals surface area (Å²) in [6.07, 6.45) is 3.52. The van der Waals surface area contributed by atoms with Gasteiger partial charge in [0.2, 0.25) is 5.95 Å². The number of fused-ring (bicyclic) bond motifs is 2. The minimum absolute atomic E-state index is 0.000879. The Labute approximate surface area is 180 Å². The van der Waals surface area contributed by atoms with Crippen LogP contribution >= 0.6 is 0 Å². The molecule has 4 heterocycles. The zero-order chi connectivity index (χ0) is 21.6. The molecule has 0 fully saturated rings. The Bertz CT molecular complexity index is 1200. The van der Waals surface area contributed by atoms with Gasteiger partial charge >= 0.3 is 0 Å². The lowest BCUT2D eigenvalue weighted by molar-refractivity contribution is 0.219. The summed E-state index contributed by atoms with van der Waals surface area (Å²) in [6, 6.07) is 7.94. The summed E-state index contributed by atoms with van der Waals surface area (Å²) >= 11 is 0. The third-order valence-electron chi connectivity index (χ3n) is 6.17. The lowest BCUT2D eigenvalue weighted by atomic mass is 9.83. The van der Waals surface area contributed by atoms with Crippen molar-refractivity contribution in [3.63, 3.8) is 0 Å². The molecule has 0 saturated heterocycles. The molecule has 0 unspecified atom stereocenters. The molecule has 5 rings (SSSR count). The van der Waals surface area contributed by atoms with Gasteiger partial charge in [0.05, 0.1) is 47.7 Å². The highest BCUT2D eigenvalue weighted by atomic mass is 16.3. The van der Waals surface area contributed by atoms with Gasteiger partial charge in [-0.3, -0.25) is 9.58 Å². The monoisotopic (exact) mass is 416 g/mol. The second-order valence-corrected chi connectivity index (χ2v) is 8.49. The van der Waals surface area contributed by atoms with Crippen molar-refractivity contribution in [3.05, 3.63) is 47.4 Å². The van der Waals surface area contributed by atoms with E-state index >= 15 is 0 Å². The Morgan fingerprint density at radius 3 is 3.03 bits per heavy atom. The van der Waals surface area contributed by atoms with Crippen molar-refractivity contribution in [3.8, 4) is 17.3 Å². The van der Waals surface area contributed by atoms with Gasteiger partial charge in [0.25, 0.3) is 0 Å². The van der Waals surface area contributed by atoms with Gasteiger partial charge in [0.1, 0.15) is 6.07 Å². The lowest BCUT2D eigenvalue weighted by Crippen LogP contribution is -2.30. The summed E-state index contributed by atoms with van der Waals surface area (Å²) in [5.41, 5.74) is 5.38. The Hall–Kier alpha value is -3.48. The Kier molecular flexibility index (Phi) is 4.61. The summed E-state index contributed by atoms with van der Waals surface area (Å²) in [6.45, 7) is 5.22. The third kappa shape index (κ3) is 3.30. The number of benzene rings is 1. The SMILES string of the molecule is CN1CCn2ncc(Nc3nccc(-c4cc(C#N)c5c(c4)[C@@](C)(CO)CN5)n3)c2C1. The highest BCUT2D eigenvalue weighted by Crippen LogP contribution is 2.41. The number of nitrogens with zero attached hydrogens (tertiary/aromatic N) is 6. The topological polar surface area (TPSA) is 115 Å². The van der Waals surface area contributed by atoms with Crippen LogP contribution in [-0.2, 0) is 18.5 Å². The van der Waals surface area contributed by atoms with Crippen LogP contribution in [0.1, 0.15) is 23.7 Å². The lowest BCUT2D eigenvalue weighted by Gasteiger charge is -2.24. The van der Waals surface area contributed by atoms with E-state index in [1.165, 1.54) is 0 Å². The molecule has 0 amide bonds. The van der Waals surface area contributed by atoms with Crippen molar-refractivity contribution in [1.82, 2.24) is 24.6 Å². The molecule has 3 N–H and O–H groups in total. The van der Waals surface area contributed by atoms with E-state index in [4.69, 9.17) is 4.98 Å². The molecular formula is C22H24N8O. The first kappa shape index (κ1) is 19.5. The Morgan fingerprint density at radius 1 is 1.35 bits per heavy atom. The maximum absolute atomic E-state index is 9.93. The number of nitrogens with one attached hydrogen (secondary N) is 2. The summed E-state index contributed by atoms with van der Waals surface area (Å²) < 4.78 is 2.01. The first-order chi connectivity index (χ1) is 15.0. The molecule has 2 aliphatic rings. The number of hydrogen-bond donors (Lipinski definition) is 3. The van der Waals surface area contributed by atoms with Gasteiger partial charge in [-0.15, -0.1) is 0 Å². The Balaban J connectivity index is 1.50. The van der Waals surface area contributed by atoms with E-state index in [1.54, 1.807) is 6.20 Å². The van der Waals surface area contributed by atoms with Crippen LogP contribution in [0.5, 0.6) is 0 Å². The smallest absolute Gasteiger partial charge is 0.227 e. The van der Waals surface area contributed by atoms with Gasteiger partial charge in [0, 0.05) is 36.8 Å². The fourth-order valence-corrected chi connectivity index (χ4v) is 4.24. The summed E-state index contributed by atoms with van der Waals surface area (Å²) in [7, 11) is 2.09. The highest BCUT2D eigenvalue weighted by Gasteiger charge is 2.36. The van der Waals surface area contributed by atoms with Gasteiger partial charge in [-0.2, -0.15) is 10.4 Å². The normalized spacial score (nSPS) is 19.9. The average Bonchev–Trinajstić information content (AvgIpc) is 3.34. The molecule has 1 atom stereocenters. The van der Waals surface area contributed by atoms with Gasteiger partial charge in [-0.05, 0) is 30.8 Å². The van der Waals surface area contributed by atoms with Crippen molar-refractivity contribution >= 4 is 17.3 Å². The van der Waals surface area contributed by atoms with E-state index in [0.29, 0.717) is 23.8 Å². The van der Waals surface area contributed by atoms with E-state index in [9.17, 15) is 10.4 Å². The van der Waals surface area contributed by atoms with Crippen molar-refractivity contribution in [2.75, 3.05) is 37.4 Å². The molecule has 2 aliphatic heterocycles. The second kappa shape index (κ2) is 7.34.